The number of nitrogens with two attached hydrogens (primary N) is 1. The molecule has 0 aromatic heterocycles. The highest BCUT2D eigenvalue weighted by molar-refractivity contribution is 5.38. The molecule has 1 unspecified atom stereocenters. The Hall–Kier alpha value is -1.10. The molecule has 104 valence electrons. The fourth-order valence-electron chi connectivity index (χ4n) is 3.31. The molecular weight excluding hydrogens is 242 g/mol. The summed E-state index contributed by atoms with van der Waals surface area (Å²) in [5.41, 5.74) is 7.35. The summed E-state index contributed by atoms with van der Waals surface area (Å²) in [7, 11) is 1.78. The predicted molar refractivity (Wildman–Crippen MR) is 72.1 cm³/mol. The van der Waals surface area contributed by atoms with E-state index < -0.39 is 0 Å². The second-order valence-electron chi connectivity index (χ2n) is 5.36. The van der Waals surface area contributed by atoms with Crippen molar-refractivity contribution >= 4 is 0 Å². The van der Waals surface area contributed by atoms with E-state index in [0.717, 1.165) is 37.4 Å². The van der Waals surface area contributed by atoms with Gasteiger partial charge in [0.25, 0.3) is 0 Å². The van der Waals surface area contributed by atoms with Crippen LogP contribution in [0.3, 0.4) is 0 Å². The lowest BCUT2D eigenvalue weighted by atomic mass is 9.74. The molecule has 2 atom stereocenters. The van der Waals surface area contributed by atoms with Gasteiger partial charge in [-0.25, -0.2) is 0 Å². The van der Waals surface area contributed by atoms with Crippen LogP contribution in [0.4, 0.5) is 0 Å². The molecule has 0 amide bonds. The molecule has 3 rings (SSSR count). The van der Waals surface area contributed by atoms with Crippen molar-refractivity contribution < 1.29 is 14.2 Å². The van der Waals surface area contributed by atoms with Crippen LogP contribution in [0.5, 0.6) is 5.75 Å². The molecule has 0 radical (unpaired) electrons. The number of ether oxygens (including phenoxy) is 3. The van der Waals surface area contributed by atoms with E-state index >= 15 is 0 Å². The average Bonchev–Trinajstić information content (AvgIpc) is 2.48. The Morgan fingerprint density at radius 2 is 2.00 bits per heavy atom. The molecule has 1 fully saturated rings. The molecule has 0 saturated carbocycles. The highest BCUT2D eigenvalue weighted by Crippen LogP contribution is 2.43. The van der Waals surface area contributed by atoms with Gasteiger partial charge >= 0.3 is 0 Å². The van der Waals surface area contributed by atoms with Gasteiger partial charge in [0.2, 0.25) is 0 Å². The second kappa shape index (κ2) is 5.12. The summed E-state index contributed by atoms with van der Waals surface area (Å²) in [6, 6.07) is 7.98. The Labute approximate surface area is 113 Å². The molecule has 4 nitrogen and oxygen atoms in total. The zero-order chi connectivity index (χ0) is 13.3. The summed E-state index contributed by atoms with van der Waals surface area (Å²) in [6.45, 7) is 2.09. The molecular formula is C15H21NO3. The van der Waals surface area contributed by atoms with Gasteiger partial charge in [0.1, 0.15) is 5.75 Å². The van der Waals surface area contributed by atoms with Crippen molar-refractivity contribution in [2.45, 2.75) is 24.5 Å². The number of hydrogen-bond donors (Lipinski definition) is 1. The van der Waals surface area contributed by atoms with Crippen LogP contribution in [0, 0.1) is 5.92 Å². The van der Waals surface area contributed by atoms with Gasteiger partial charge in [0.05, 0.1) is 12.2 Å². The lowest BCUT2D eigenvalue weighted by Gasteiger charge is -2.46. The van der Waals surface area contributed by atoms with Gasteiger partial charge in [0, 0.05) is 50.7 Å². The summed E-state index contributed by atoms with van der Waals surface area (Å²) in [5, 5.41) is 0. The number of methoxy groups -OCH3 is 1. The van der Waals surface area contributed by atoms with Crippen molar-refractivity contribution in [3.8, 4) is 5.75 Å². The Morgan fingerprint density at radius 3 is 2.74 bits per heavy atom. The Bertz CT molecular complexity index is 443. The van der Waals surface area contributed by atoms with Crippen LogP contribution in [0.15, 0.2) is 24.3 Å². The molecule has 4 heteroatoms. The molecule has 2 aliphatic heterocycles. The first-order valence-corrected chi connectivity index (χ1v) is 6.87. The highest BCUT2D eigenvalue weighted by Gasteiger charge is 2.46. The van der Waals surface area contributed by atoms with Gasteiger partial charge in [-0.2, -0.15) is 0 Å². The molecule has 0 aliphatic carbocycles. The van der Waals surface area contributed by atoms with E-state index in [1.165, 1.54) is 0 Å². The molecule has 19 heavy (non-hydrogen) atoms. The van der Waals surface area contributed by atoms with Crippen molar-refractivity contribution in [2.75, 3.05) is 26.9 Å². The third kappa shape index (κ3) is 2.14. The molecule has 2 N–H and O–H groups in total. The van der Waals surface area contributed by atoms with Crippen LogP contribution in [0.25, 0.3) is 0 Å². The summed E-state index contributed by atoms with van der Waals surface area (Å²) >= 11 is 0. The van der Waals surface area contributed by atoms with Crippen molar-refractivity contribution in [1.29, 1.82) is 0 Å². The number of benzene rings is 1. The van der Waals surface area contributed by atoms with Crippen LogP contribution in [-0.2, 0) is 9.47 Å². The lowest BCUT2D eigenvalue weighted by molar-refractivity contribution is -0.140. The van der Waals surface area contributed by atoms with Gasteiger partial charge in [-0.3, -0.25) is 0 Å². The molecule has 2 heterocycles. The Kier molecular flexibility index (Phi) is 3.48. The van der Waals surface area contributed by atoms with E-state index in [1.54, 1.807) is 7.11 Å². The maximum absolute atomic E-state index is 6.48. The quantitative estimate of drug-likeness (QED) is 0.885. The summed E-state index contributed by atoms with van der Waals surface area (Å²) in [5.74, 6) is 1.08. The molecule has 1 aromatic rings. The summed E-state index contributed by atoms with van der Waals surface area (Å²) in [4.78, 5) is 0. The van der Waals surface area contributed by atoms with Crippen molar-refractivity contribution in [2.24, 2.45) is 11.7 Å². The maximum atomic E-state index is 6.48. The SMILES string of the molecule is COC1([C@H]2COc3ccccc3C2N)CCOCC1. The molecule has 1 saturated heterocycles. The third-order valence-corrected chi connectivity index (χ3v) is 4.55. The van der Waals surface area contributed by atoms with Gasteiger partial charge < -0.3 is 19.9 Å². The minimum Gasteiger partial charge on any atom is -0.493 e. The molecule has 1 aromatic carbocycles. The number of para-hydroxylation sites is 1. The molecule has 2 aliphatic rings. The van der Waals surface area contributed by atoms with Crippen LogP contribution in [0.1, 0.15) is 24.4 Å². The largest absolute Gasteiger partial charge is 0.493 e. The summed E-state index contributed by atoms with van der Waals surface area (Å²) < 4.78 is 17.2. The van der Waals surface area contributed by atoms with E-state index in [0.29, 0.717) is 6.61 Å². The van der Waals surface area contributed by atoms with Crippen LogP contribution in [0.2, 0.25) is 0 Å². The Balaban J connectivity index is 1.90. The fourth-order valence-corrected chi connectivity index (χ4v) is 3.31. The van der Waals surface area contributed by atoms with Crippen molar-refractivity contribution in [1.82, 2.24) is 0 Å². The smallest absolute Gasteiger partial charge is 0.124 e. The minimum absolute atomic E-state index is 0.0389. The topological polar surface area (TPSA) is 53.7 Å². The van der Waals surface area contributed by atoms with Gasteiger partial charge in [-0.1, -0.05) is 18.2 Å². The van der Waals surface area contributed by atoms with E-state index in [9.17, 15) is 0 Å². The fraction of sp³-hybridized carbons (Fsp3) is 0.600. The van der Waals surface area contributed by atoms with Crippen molar-refractivity contribution in [3.63, 3.8) is 0 Å². The Morgan fingerprint density at radius 1 is 1.26 bits per heavy atom. The predicted octanol–water partition coefficient (Wildman–Crippen LogP) is 1.89. The molecule has 0 bridgehead atoms. The van der Waals surface area contributed by atoms with Gasteiger partial charge in [0.15, 0.2) is 0 Å². The first kappa shape index (κ1) is 12.9. The van der Waals surface area contributed by atoms with Gasteiger partial charge in [-0.05, 0) is 6.07 Å². The molecule has 0 spiro atoms. The lowest BCUT2D eigenvalue weighted by Crippen LogP contribution is -2.52. The zero-order valence-electron chi connectivity index (χ0n) is 11.3. The monoisotopic (exact) mass is 263 g/mol. The highest BCUT2D eigenvalue weighted by atomic mass is 16.5. The first-order valence-electron chi connectivity index (χ1n) is 6.87. The van der Waals surface area contributed by atoms with Gasteiger partial charge in [-0.15, -0.1) is 0 Å². The zero-order valence-corrected chi connectivity index (χ0v) is 11.3. The normalized spacial score (nSPS) is 29.4. The van der Waals surface area contributed by atoms with E-state index in [-0.39, 0.29) is 17.6 Å². The number of hydrogen-bond acceptors (Lipinski definition) is 4. The van der Waals surface area contributed by atoms with Crippen LogP contribution >= 0.6 is 0 Å². The van der Waals surface area contributed by atoms with Crippen LogP contribution < -0.4 is 10.5 Å². The first-order chi connectivity index (χ1) is 9.27. The maximum Gasteiger partial charge on any atom is 0.124 e. The summed E-state index contributed by atoms with van der Waals surface area (Å²) in [6.07, 6.45) is 1.76. The number of rotatable bonds is 2. The number of fused-ring (bicyclic) bond motifs is 1. The van der Waals surface area contributed by atoms with Crippen molar-refractivity contribution in [3.05, 3.63) is 29.8 Å². The second-order valence-corrected chi connectivity index (χ2v) is 5.36. The van der Waals surface area contributed by atoms with E-state index in [1.807, 2.05) is 18.2 Å². The van der Waals surface area contributed by atoms with E-state index in [4.69, 9.17) is 19.9 Å². The standard InChI is InChI=1S/C15H21NO3/c1-17-15(6-8-18-9-7-15)12-10-19-13-5-3-2-4-11(13)14(12)16/h2-5,12,14H,6-10,16H2,1H3/t12-,14?/m0/s1. The van der Waals surface area contributed by atoms with E-state index in [2.05, 4.69) is 6.07 Å². The minimum atomic E-state index is -0.217. The third-order valence-electron chi connectivity index (χ3n) is 4.55. The van der Waals surface area contributed by atoms with Crippen LogP contribution in [-0.4, -0.2) is 32.5 Å². The average molecular weight is 263 g/mol.